The molecule has 3 aromatic rings. The number of carbonyl (C=O) groups is 2. The van der Waals surface area contributed by atoms with E-state index in [1.165, 1.54) is 6.21 Å². The Bertz CT molecular complexity index is 1010. The summed E-state index contributed by atoms with van der Waals surface area (Å²) in [5, 5.41) is 7.08. The Labute approximate surface area is 173 Å². The zero-order chi connectivity index (χ0) is 20.5. The van der Waals surface area contributed by atoms with Crippen LogP contribution in [0.4, 0.5) is 5.69 Å². The molecule has 0 radical (unpaired) electrons. The number of anilines is 1. The molecule has 0 aliphatic carbocycles. The van der Waals surface area contributed by atoms with Gasteiger partial charge in [0.05, 0.1) is 16.9 Å². The minimum atomic E-state index is -0.313. The van der Waals surface area contributed by atoms with Crippen LogP contribution in [0, 0.1) is 0 Å². The molecule has 0 fully saturated rings. The highest BCUT2D eigenvalue weighted by molar-refractivity contribution is 6.33. The summed E-state index contributed by atoms with van der Waals surface area (Å²) in [6, 6.07) is 22.7. The lowest BCUT2D eigenvalue weighted by Crippen LogP contribution is -2.20. The minimum Gasteiger partial charge on any atom is -0.484 e. The third kappa shape index (κ3) is 6.19. The molecule has 0 heterocycles. The number of carbonyl (C=O) groups excluding carboxylic acids is 2. The van der Waals surface area contributed by atoms with E-state index in [2.05, 4.69) is 15.8 Å². The standard InChI is InChI=1S/C22H18ClN3O3/c23-19-8-4-5-9-20(19)25-21(27)15-29-18-12-10-16(11-13-18)14-24-26-22(28)17-6-2-1-3-7-17/h1-14H,15H2,(H,25,27)(H,26,28)/b24-14+. The normalized spacial score (nSPS) is 10.5. The van der Waals surface area contributed by atoms with Crippen molar-refractivity contribution >= 4 is 35.3 Å². The van der Waals surface area contributed by atoms with Crippen molar-refractivity contribution in [1.82, 2.24) is 5.43 Å². The van der Waals surface area contributed by atoms with Crippen molar-refractivity contribution in [2.45, 2.75) is 0 Å². The summed E-state index contributed by atoms with van der Waals surface area (Å²) >= 11 is 6.00. The molecule has 0 atom stereocenters. The first-order valence-electron chi connectivity index (χ1n) is 8.77. The summed E-state index contributed by atoms with van der Waals surface area (Å²) in [5.74, 6) is -0.0662. The van der Waals surface area contributed by atoms with Gasteiger partial charge in [-0.2, -0.15) is 5.10 Å². The predicted octanol–water partition coefficient (Wildman–Crippen LogP) is 4.12. The molecule has 0 bridgehead atoms. The van der Waals surface area contributed by atoms with Crippen molar-refractivity contribution in [3.8, 4) is 5.75 Å². The van der Waals surface area contributed by atoms with Gasteiger partial charge in [0.1, 0.15) is 5.75 Å². The van der Waals surface area contributed by atoms with Crippen LogP contribution in [-0.4, -0.2) is 24.6 Å². The number of para-hydroxylation sites is 1. The highest BCUT2D eigenvalue weighted by atomic mass is 35.5. The third-order valence-electron chi connectivity index (χ3n) is 3.81. The van der Waals surface area contributed by atoms with E-state index in [9.17, 15) is 9.59 Å². The van der Waals surface area contributed by atoms with Gasteiger partial charge >= 0.3 is 0 Å². The molecular formula is C22H18ClN3O3. The van der Waals surface area contributed by atoms with Crippen molar-refractivity contribution in [2.24, 2.45) is 5.10 Å². The first-order chi connectivity index (χ1) is 14.1. The van der Waals surface area contributed by atoms with Crippen molar-refractivity contribution in [3.05, 3.63) is 95.0 Å². The minimum absolute atomic E-state index is 0.147. The molecule has 0 aromatic heterocycles. The van der Waals surface area contributed by atoms with Crippen LogP contribution in [0.1, 0.15) is 15.9 Å². The second-order valence-corrected chi connectivity index (χ2v) is 6.36. The van der Waals surface area contributed by atoms with Gasteiger partial charge in [0.15, 0.2) is 6.61 Å². The smallest absolute Gasteiger partial charge is 0.271 e. The Kier molecular flexibility index (Phi) is 6.97. The summed E-state index contributed by atoms with van der Waals surface area (Å²) in [6.07, 6.45) is 1.52. The molecular weight excluding hydrogens is 390 g/mol. The van der Waals surface area contributed by atoms with Gasteiger partial charge in [0.25, 0.3) is 11.8 Å². The summed E-state index contributed by atoms with van der Waals surface area (Å²) in [5.41, 5.74) is 4.30. The zero-order valence-corrected chi connectivity index (χ0v) is 16.1. The van der Waals surface area contributed by atoms with Gasteiger partial charge in [0.2, 0.25) is 0 Å². The first kappa shape index (κ1) is 20.1. The molecule has 3 rings (SSSR count). The second-order valence-electron chi connectivity index (χ2n) is 5.95. The summed E-state index contributed by atoms with van der Waals surface area (Å²) in [7, 11) is 0. The monoisotopic (exact) mass is 407 g/mol. The number of hydrogen-bond donors (Lipinski definition) is 2. The zero-order valence-electron chi connectivity index (χ0n) is 15.3. The first-order valence-corrected chi connectivity index (χ1v) is 9.15. The number of rotatable bonds is 7. The summed E-state index contributed by atoms with van der Waals surface area (Å²) in [6.45, 7) is -0.147. The van der Waals surface area contributed by atoms with E-state index in [0.717, 1.165) is 5.56 Å². The quantitative estimate of drug-likeness (QED) is 0.456. The van der Waals surface area contributed by atoms with Crippen LogP contribution in [0.5, 0.6) is 5.75 Å². The Hall–Kier alpha value is -3.64. The Morgan fingerprint density at radius 3 is 2.34 bits per heavy atom. The number of hydrazone groups is 1. The molecule has 2 amide bonds. The maximum absolute atomic E-state index is 12.0. The number of benzene rings is 3. The fraction of sp³-hybridized carbons (Fsp3) is 0.0455. The van der Waals surface area contributed by atoms with Gasteiger partial charge < -0.3 is 10.1 Å². The summed E-state index contributed by atoms with van der Waals surface area (Å²) < 4.78 is 5.47. The predicted molar refractivity (Wildman–Crippen MR) is 114 cm³/mol. The third-order valence-corrected chi connectivity index (χ3v) is 4.14. The number of nitrogens with one attached hydrogen (secondary N) is 2. The Morgan fingerprint density at radius 1 is 0.931 bits per heavy atom. The van der Waals surface area contributed by atoms with E-state index in [4.69, 9.17) is 16.3 Å². The van der Waals surface area contributed by atoms with Crippen LogP contribution in [0.2, 0.25) is 5.02 Å². The van der Waals surface area contributed by atoms with Crippen LogP contribution in [0.25, 0.3) is 0 Å². The van der Waals surface area contributed by atoms with Crippen LogP contribution < -0.4 is 15.5 Å². The molecule has 2 N–H and O–H groups in total. The van der Waals surface area contributed by atoms with E-state index < -0.39 is 0 Å². The fourth-order valence-corrected chi connectivity index (χ4v) is 2.55. The lowest BCUT2D eigenvalue weighted by molar-refractivity contribution is -0.118. The molecule has 0 aliphatic rings. The molecule has 0 unspecified atom stereocenters. The van der Waals surface area contributed by atoms with E-state index in [-0.39, 0.29) is 18.4 Å². The topological polar surface area (TPSA) is 79.8 Å². The van der Waals surface area contributed by atoms with Crippen LogP contribution in [0.15, 0.2) is 84.0 Å². The molecule has 0 saturated heterocycles. The van der Waals surface area contributed by atoms with Crippen molar-refractivity contribution in [1.29, 1.82) is 0 Å². The largest absolute Gasteiger partial charge is 0.484 e. The molecule has 0 spiro atoms. The van der Waals surface area contributed by atoms with E-state index in [0.29, 0.717) is 22.0 Å². The van der Waals surface area contributed by atoms with Gasteiger partial charge in [-0.1, -0.05) is 41.9 Å². The lowest BCUT2D eigenvalue weighted by Gasteiger charge is -2.08. The van der Waals surface area contributed by atoms with Crippen molar-refractivity contribution < 1.29 is 14.3 Å². The average Bonchev–Trinajstić information content (AvgIpc) is 2.75. The molecule has 7 heteroatoms. The average molecular weight is 408 g/mol. The SMILES string of the molecule is O=C(COc1ccc(/C=N/NC(=O)c2ccccc2)cc1)Nc1ccccc1Cl. The Morgan fingerprint density at radius 2 is 1.62 bits per heavy atom. The van der Waals surface area contributed by atoms with Crippen molar-refractivity contribution in [3.63, 3.8) is 0 Å². The van der Waals surface area contributed by atoms with Gasteiger partial charge in [-0.05, 0) is 54.1 Å². The number of hydrogen-bond acceptors (Lipinski definition) is 4. The summed E-state index contributed by atoms with van der Waals surface area (Å²) in [4.78, 5) is 23.9. The number of halogens is 1. The lowest BCUT2D eigenvalue weighted by atomic mass is 10.2. The van der Waals surface area contributed by atoms with Crippen molar-refractivity contribution in [2.75, 3.05) is 11.9 Å². The highest BCUT2D eigenvalue weighted by Gasteiger charge is 2.06. The van der Waals surface area contributed by atoms with E-state index >= 15 is 0 Å². The molecule has 29 heavy (non-hydrogen) atoms. The number of nitrogens with zero attached hydrogens (tertiary/aromatic N) is 1. The number of ether oxygens (including phenoxy) is 1. The van der Waals surface area contributed by atoms with Crippen LogP contribution in [0.3, 0.4) is 0 Å². The van der Waals surface area contributed by atoms with Gasteiger partial charge in [-0.15, -0.1) is 0 Å². The molecule has 0 aliphatic heterocycles. The highest BCUT2D eigenvalue weighted by Crippen LogP contribution is 2.20. The van der Waals surface area contributed by atoms with Gasteiger partial charge in [0, 0.05) is 5.56 Å². The van der Waals surface area contributed by atoms with Gasteiger partial charge in [-0.3, -0.25) is 9.59 Å². The van der Waals surface area contributed by atoms with Gasteiger partial charge in [-0.25, -0.2) is 5.43 Å². The van der Waals surface area contributed by atoms with E-state index in [1.54, 1.807) is 72.8 Å². The molecule has 3 aromatic carbocycles. The fourth-order valence-electron chi connectivity index (χ4n) is 2.37. The molecule has 6 nitrogen and oxygen atoms in total. The maximum atomic E-state index is 12.0. The second kappa shape index (κ2) is 10.1. The maximum Gasteiger partial charge on any atom is 0.271 e. The molecule has 146 valence electrons. The van der Waals surface area contributed by atoms with E-state index in [1.807, 2.05) is 6.07 Å². The number of amides is 2. The van der Waals surface area contributed by atoms with Crippen LogP contribution in [-0.2, 0) is 4.79 Å². The van der Waals surface area contributed by atoms with Crippen LogP contribution >= 0.6 is 11.6 Å². The Balaban J connectivity index is 1.46. The molecule has 0 saturated carbocycles.